The summed E-state index contributed by atoms with van der Waals surface area (Å²) >= 11 is 5.87. The molecule has 1 heterocycles. The van der Waals surface area contributed by atoms with Gasteiger partial charge in [-0.2, -0.15) is 4.31 Å². The van der Waals surface area contributed by atoms with Gasteiger partial charge in [-0.1, -0.05) is 41.4 Å². The molecule has 0 saturated heterocycles. The van der Waals surface area contributed by atoms with Gasteiger partial charge in [0.25, 0.3) is 0 Å². The third kappa shape index (κ3) is 5.46. The van der Waals surface area contributed by atoms with Crippen LogP contribution in [0.4, 0.5) is 4.39 Å². The van der Waals surface area contributed by atoms with E-state index >= 15 is 0 Å². The highest BCUT2D eigenvalue weighted by atomic mass is 35.5. The molecule has 0 saturated carbocycles. The van der Waals surface area contributed by atoms with Gasteiger partial charge in [-0.05, 0) is 62.6 Å². The zero-order valence-electron chi connectivity index (χ0n) is 18.9. The van der Waals surface area contributed by atoms with Crippen molar-refractivity contribution in [2.45, 2.75) is 45.7 Å². The number of esters is 1. The molecule has 0 aliphatic rings. The first-order chi connectivity index (χ1) is 15.5. The number of benzene rings is 2. The molecule has 0 aliphatic carbocycles. The number of H-pyrrole nitrogens is 1. The molecule has 0 bridgehead atoms. The molecule has 176 valence electrons. The van der Waals surface area contributed by atoms with Crippen molar-refractivity contribution in [3.63, 3.8) is 0 Å². The highest BCUT2D eigenvalue weighted by Crippen LogP contribution is 2.28. The van der Waals surface area contributed by atoms with E-state index in [1.165, 1.54) is 10.4 Å². The van der Waals surface area contributed by atoms with Crippen LogP contribution >= 0.6 is 11.6 Å². The predicted octanol–water partition coefficient (Wildman–Crippen LogP) is 5.30. The number of hydrogen-bond acceptors (Lipinski definition) is 4. The Labute approximate surface area is 198 Å². The number of halogens is 2. The number of ether oxygens (including phenoxy) is 1. The Balaban J connectivity index is 2.05. The van der Waals surface area contributed by atoms with Crippen LogP contribution in [0.2, 0.25) is 5.02 Å². The van der Waals surface area contributed by atoms with Crippen LogP contribution in [0.1, 0.15) is 45.4 Å². The third-order valence-electron chi connectivity index (χ3n) is 5.42. The lowest BCUT2D eigenvalue weighted by atomic mass is 10.1. The third-order valence-corrected chi connectivity index (χ3v) is 7.49. The number of rotatable bonds is 8. The Morgan fingerprint density at radius 3 is 2.36 bits per heavy atom. The minimum absolute atomic E-state index is 0.00121. The summed E-state index contributed by atoms with van der Waals surface area (Å²) in [5.41, 5.74) is 4.08. The fourth-order valence-electron chi connectivity index (χ4n) is 3.52. The molecule has 0 atom stereocenters. The Hall–Kier alpha value is -2.68. The number of aryl methyl sites for hydroxylation is 2. The second kappa shape index (κ2) is 10.1. The summed E-state index contributed by atoms with van der Waals surface area (Å²) in [7, 11) is -4.05. The van der Waals surface area contributed by atoms with Crippen molar-refractivity contribution in [3.05, 3.63) is 86.9 Å². The predicted molar refractivity (Wildman–Crippen MR) is 125 cm³/mol. The fourth-order valence-corrected chi connectivity index (χ4v) is 5.19. The summed E-state index contributed by atoms with van der Waals surface area (Å²) in [5.74, 6) is -1.19. The van der Waals surface area contributed by atoms with E-state index in [0.29, 0.717) is 22.5 Å². The van der Waals surface area contributed by atoms with E-state index < -0.39 is 21.8 Å². The van der Waals surface area contributed by atoms with Crippen LogP contribution < -0.4 is 0 Å². The Kier molecular flexibility index (Phi) is 7.62. The number of carbonyl (C=O) groups excluding carboxylic acids is 1. The maximum atomic E-state index is 13.7. The monoisotopic (exact) mass is 492 g/mol. The maximum absolute atomic E-state index is 13.7. The summed E-state index contributed by atoms with van der Waals surface area (Å²) in [4.78, 5) is 15.2. The summed E-state index contributed by atoms with van der Waals surface area (Å²) in [6, 6.07) is 10.9. The Bertz CT molecular complexity index is 1270. The largest absolute Gasteiger partial charge is 0.461 e. The first-order valence-corrected chi connectivity index (χ1v) is 12.2. The number of carbonyl (C=O) groups is 1. The zero-order valence-corrected chi connectivity index (χ0v) is 20.5. The number of nitrogens with zero attached hydrogens (tertiary/aromatic N) is 1. The van der Waals surface area contributed by atoms with E-state index in [-0.39, 0.29) is 29.6 Å². The molecule has 33 heavy (non-hydrogen) atoms. The number of aromatic amines is 1. The summed E-state index contributed by atoms with van der Waals surface area (Å²) in [6.07, 6.45) is 0. The molecule has 2 aromatic carbocycles. The normalized spacial score (nSPS) is 11.7. The smallest absolute Gasteiger partial charge is 0.355 e. The molecule has 0 radical (unpaired) electrons. The molecular weight excluding hydrogens is 467 g/mol. The lowest BCUT2D eigenvalue weighted by molar-refractivity contribution is 0.0519. The average molecular weight is 493 g/mol. The van der Waals surface area contributed by atoms with Crippen molar-refractivity contribution in [2.75, 3.05) is 6.61 Å². The number of nitrogens with one attached hydrogen (secondary N) is 1. The standard InChI is InChI=1S/C24H26ClFN2O4S/c1-5-32-24(29)23-16(3)20(17(4)27-23)14-28(13-18-8-6-15(2)7-9-18)33(30,31)19-10-11-22(26)21(25)12-19/h6-12,27H,5,13-14H2,1-4H3. The highest BCUT2D eigenvalue weighted by Gasteiger charge is 2.29. The van der Waals surface area contributed by atoms with Crippen LogP contribution in [0.3, 0.4) is 0 Å². The molecule has 6 nitrogen and oxygen atoms in total. The van der Waals surface area contributed by atoms with Crippen LogP contribution in [-0.4, -0.2) is 30.3 Å². The molecule has 3 aromatic rings. The van der Waals surface area contributed by atoms with E-state index in [1.807, 2.05) is 31.2 Å². The number of hydrogen-bond donors (Lipinski definition) is 1. The van der Waals surface area contributed by atoms with E-state index in [0.717, 1.165) is 23.3 Å². The molecular formula is C24H26ClFN2O4S. The van der Waals surface area contributed by atoms with Gasteiger partial charge in [0.15, 0.2) is 0 Å². The quantitative estimate of drug-likeness (QED) is 0.433. The van der Waals surface area contributed by atoms with Crippen molar-refractivity contribution >= 4 is 27.6 Å². The summed E-state index contributed by atoms with van der Waals surface area (Å²) in [5, 5.41) is -0.273. The van der Waals surface area contributed by atoms with E-state index in [2.05, 4.69) is 4.98 Å². The minimum atomic E-state index is -4.05. The fraction of sp³-hybridized carbons (Fsp3) is 0.292. The molecule has 1 aromatic heterocycles. The van der Waals surface area contributed by atoms with Crippen LogP contribution in [0.15, 0.2) is 47.4 Å². The molecule has 9 heteroatoms. The van der Waals surface area contributed by atoms with E-state index in [9.17, 15) is 17.6 Å². The van der Waals surface area contributed by atoms with E-state index in [1.54, 1.807) is 20.8 Å². The highest BCUT2D eigenvalue weighted by molar-refractivity contribution is 7.89. The van der Waals surface area contributed by atoms with Gasteiger partial charge in [0.2, 0.25) is 10.0 Å². The Morgan fingerprint density at radius 1 is 1.09 bits per heavy atom. The van der Waals surface area contributed by atoms with Gasteiger partial charge in [0, 0.05) is 18.8 Å². The molecule has 0 fully saturated rings. The second-order valence-corrected chi connectivity index (χ2v) is 10.1. The second-order valence-electron chi connectivity index (χ2n) is 7.78. The maximum Gasteiger partial charge on any atom is 0.355 e. The molecule has 1 N–H and O–H groups in total. The topological polar surface area (TPSA) is 79.5 Å². The lowest BCUT2D eigenvalue weighted by Crippen LogP contribution is -2.30. The summed E-state index contributed by atoms with van der Waals surface area (Å²) < 4.78 is 47.2. The van der Waals surface area contributed by atoms with Crippen molar-refractivity contribution in [2.24, 2.45) is 0 Å². The van der Waals surface area contributed by atoms with Crippen LogP contribution in [0, 0.1) is 26.6 Å². The van der Waals surface area contributed by atoms with Crippen molar-refractivity contribution in [1.82, 2.24) is 9.29 Å². The van der Waals surface area contributed by atoms with Crippen molar-refractivity contribution in [3.8, 4) is 0 Å². The number of aromatic nitrogens is 1. The SMILES string of the molecule is CCOC(=O)c1[nH]c(C)c(CN(Cc2ccc(C)cc2)S(=O)(=O)c2ccc(F)c(Cl)c2)c1C. The van der Waals surface area contributed by atoms with Crippen LogP contribution in [0.5, 0.6) is 0 Å². The Morgan fingerprint density at radius 2 is 1.76 bits per heavy atom. The van der Waals surface area contributed by atoms with Gasteiger partial charge in [-0.15, -0.1) is 0 Å². The van der Waals surface area contributed by atoms with Crippen LogP contribution in [0.25, 0.3) is 0 Å². The molecule has 0 spiro atoms. The lowest BCUT2D eigenvalue weighted by Gasteiger charge is -2.23. The van der Waals surface area contributed by atoms with E-state index in [4.69, 9.17) is 16.3 Å². The minimum Gasteiger partial charge on any atom is -0.461 e. The zero-order chi connectivity index (χ0) is 24.3. The first kappa shape index (κ1) is 25.0. The number of sulfonamides is 1. The van der Waals surface area contributed by atoms with Crippen LogP contribution in [-0.2, 0) is 27.8 Å². The summed E-state index contributed by atoms with van der Waals surface area (Å²) in [6.45, 7) is 7.49. The average Bonchev–Trinajstić information content (AvgIpc) is 3.05. The van der Waals surface area contributed by atoms with Gasteiger partial charge in [-0.25, -0.2) is 17.6 Å². The van der Waals surface area contributed by atoms with Gasteiger partial charge in [-0.3, -0.25) is 0 Å². The van der Waals surface area contributed by atoms with Gasteiger partial charge in [0.05, 0.1) is 16.5 Å². The van der Waals surface area contributed by atoms with Gasteiger partial charge < -0.3 is 9.72 Å². The molecule has 3 rings (SSSR count). The van der Waals surface area contributed by atoms with Gasteiger partial charge in [0.1, 0.15) is 11.5 Å². The van der Waals surface area contributed by atoms with Crippen molar-refractivity contribution in [1.29, 1.82) is 0 Å². The first-order valence-electron chi connectivity index (χ1n) is 10.4. The van der Waals surface area contributed by atoms with Gasteiger partial charge >= 0.3 is 5.97 Å². The molecule has 0 aliphatic heterocycles. The molecule has 0 unspecified atom stereocenters. The van der Waals surface area contributed by atoms with Crippen molar-refractivity contribution < 1.29 is 22.3 Å². The molecule has 0 amide bonds.